The van der Waals surface area contributed by atoms with Gasteiger partial charge >= 0.3 is 0 Å². The standard InChI is InChI=1S/C21H21F3N4O/c1-2-9-27(11-16-3-5-17(22)6-4-16)12-21(29,13-28-15-25-14-26-28)19-8-7-18(23)10-20(19)24/h2-8,10,14-15,29H,1,9,11-13H2/t21-/m1/s1. The van der Waals surface area contributed by atoms with Gasteiger partial charge in [-0.25, -0.2) is 22.8 Å². The van der Waals surface area contributed by atoms with Crippen molar-refractivity contribution >= 4 is 0 Å². The van der Waals surface area contributed by atoms with Crippen LogP contribution >= 0.6 is 0 Å². The van der Waals surface area contributed by atoms with Crippen molar-refractivity contribution < 1.29 is 18.3 Å². The van der Waals surface area contributed by atoms with E-state index in [1.54, 1.807) is 18.2 Å². The third kappa shape index (κ3) is 5.30. The molecule has 0 radical (unpaired) electrons. The van der Waals surface area contributed by atoms with Crippen LogP contribution in [0.4, 0.5) is 13.2 Å². The summed E-state index contributed by atoms with van der Waals surface area (Å²) < 4.78 is 42.5. The summed E-state index contributed by atoms with van der Waals surface area (Å²) in [5, 5.41) is 15.4. The molecule has 3 aromatic rings. The van der Waals surface area contributed by atoms with Crippen LogP contribution in [0.3, 0.4) is 0 Å². The van der Waals surface area contributed by atoms with Gasteiger partial charge in [-0.05, 0) is 23.8 Å². The van der Waals surface area contributed by atoms with E-state index in [-0.39, 0.29) is 24.5 Å². The SMILES string of the molecule is C=CCN(Cc1ccc(F)cc1)C[C@@](O)(Cn1cncn1)c1ccc(F)cc1F. The van der Waals surface area contributed by atoms with Crippen molar-refractivity contribution in [3.05, 3.63) is 96.4 Å². The fraction of sp³-hybridized carbons (Fsp3) is 0.238. The van der Waals surface area contributed by atoms with Crippen LogP contribution in [0.25, 0.3) is 0 Å². The molecular formula is C21H21F3N4O. The zero-order valence-electron chi connectivity index (χ0n) is 15.7. The molecule has 3 rings (SSSR count). The predicted molar refractivity (Wildman–Crippen MR) is 102 cm³/mol. The van der Waals surface area contributed by atoms with Crippen LogP contribution in [0.15, 0.2) is 67.8 Å². The smallest absolute Gasteiger partial charge is 0.137 e. The zero-order chi connectivity index (χ0) is 20.9. The second kappa shape index (κ2) is 9.02. The summed E-state index contributed by atoms with van der Waals surface area (Å²) in [5.74, 6) is -1.93. The van der Waals surface area contributed by atoms with Gasteiger partial charge in [0, 0.05) is 31.3 Å². The average Bonchev–Trinajstić information content (AvgIpc) is 3.16. The first kappa shape index (κ1) is 20.8. The number of hydrogen-bond acceptors (Lipinski definition) is 4. The largest absolute Gasteiger partial charge is 0.382 e. The van der Waals surface area contributed by atoms with Crippen molar-refractivity contribution in [1.29, 1.82) is 0 Å². The van der Waals surface area contributed by atoms with E-state index >= 15 is 0 Å². The van der Waals surface area contributed by atoms with Crippen LogP contribution in [0.5, 0.6) is 0 Å². The van der Waals surface area contributed by atoms with Crippen molar-refractivity contribution in [2.75, 3.05) is 13.1 Å². The maximum Gasteiger partial charge on any atom is 0.137 e. The normalized spacial score (nSPS) is 13.4. The molecular weight excluding hydrogens is 381 g/mol. The molecule has 29 heavy (non-hydrogen) atoms. The predicted octanol–water partition coefficient (Wildman–Crippen LogP) is 3.27. The van der Waals surface area contributed by atoms with Crippen LogP contribution in [0, 0.1) is 17.5 Å². The molecule has 1 N–H and O–H groups in total. The van der Waals surface area contributed by atoms with Crippen LogP contribution < -0.4 is 0 Å². The van der Waals surface area contributed by atoms with Crippen molar-refractivity contribution in [2.24, 2.45) is 0 Å². The lowest BCUT2D eigenvalue weighted by Crippen LogP contribution is -2.44. The Labute approximate surface area is 166 Å². The lowest BCUT2D eigenvalue weighted by molar-refractivity contribution is -0.0210. The molecule has 0 bridgehead atoms. The molecule has 152 valence electrons. The van der Waals surface area contributed by atoms with Gasteiger partial charge in [-0.2, -0.15) is 5.10 Å². The summed E-state index contributed by atoms with van der Waals surface area (Å²) in [7, 11) is 0. The van der Waals surface area contributed by atoms with Crippen LogP contribution in [-0.4, -0.2) is 37.9 Å². The first-order valence-corrected chi connectivity index (χ1v) is 8.97. The summed E-state index contributed by atoms with van der Waals surface area (Å²) in [6.07, 6.45) is 4.37. The van der Waals surface area contributed by atoms with E-state index in [1.807, 2.05) is 4.90 Å². The summed E-state index contributed by atoms with van der Waals surface area (Å²) in [6.45, 7) is 4.40. The fourth-order valence-electron chi connectivity index (χ4n) is 3.26. The summed E-state index contributed by atoms with van der Waals surface area (Å²) in [5.41, 5.74) is -0.965. The van der Waals surface area contributed by atoms with Gasteiger partial charge in [-0.3, -0.25) is 4.90 Å². The Balaban J connectivity index is 1.92. The van der Waals surface area contributed by atoms with Crippen LogP contribution in [0.2, 0.25) is 0 Å². The third-order valence-corrected chi connectivity index (χ3v) is 4.51. The van der Waals surface area contributed by atoms with Gasteiger partial charge in [0.05, 0.1) is 6.54 Å². The molecule has 0 aliphatic rings. The number of aromatic nitrogens is 3. The lowest BCUT2D eigenvalue weighted by atomic mass is 9.92. The molecule has 0 fully saturated rings. The molecule has 0 aliphatic heterocycles. The van der Waals surface area contributed by atoms with E-state index in [1.165, 1.54) is 35.5 Å². The van der Waals surface area contributed by atoms with Gasteiger partial charge in [0.1, 0.15) is 35.7 Å². The quantitative estimate of drug-likeness (QED) is 0.558. The Hall–Kier alpha value is -2.97. The number of halogens is 3. The zero-order valence-corrected chi connectivity index (χ0v) is 15.7. The molecule has 1 aromatic heterocycles. The van der Waals surface area contributed by atoms with Crippen molar-refractivity contribution in [1.82, 2.24) is 19.7 Å². The van der Waals surface area contributed by atoms with Gasteiger partial charge < -0.3 is 5.11 Å². The highest BCUT2D eigenvalue weighted by Crippen LogP contribution is 2.28. The van der Waals surface area contributed by atoms with E-state index < -0.39 is 17.2 Å². The van der Waals surface area contributed by atoms with Gasteiger partial charge in [-0.1, -0.05) is 24.3 Å². The molecule has 8 heteroatoms. The summed E-state index contributed by atoms with van der Waals surface area (Å²) in [6, 6.07) is 9.04. The highest BCUT2D eigenvalue weighted by atomic mass is 19.1. The molecule has 5 nitrogen and oxygen atoms in total. The van der Waals surface area contributed by atoms with E-state index in [9.17, 15) is 18.3 Å². The average molecular weight is 402 g/mol. The van der Waals surface area contributed by atoms with Crippen molar-refractivity contribution in [2.45, 2.75) is 18.7 Å². The molecule has 0 saturated carbocycles. The van der Waals surface area contributed by atoms with E-state index in [4.69, 9.17) is 0 Å². The fourth-order valence-corrected chi connectivity index (χ4v) is 3.26. The molecule has 0 aliphatic carbocycles. The second-order valence-corrected chi connectivity index (χ2v) is 6.83. The van der Waals surface area contributed by atoms with Crippen LogP contribution in [0.1, 0.15) is 11.1 Å². The van der Waals surface area contributed by atoms with Gasteiger partial charge in [0.15, 0.2) is 0 Å². The topological polar surface area (TPSA) is 54.2 Å². The highest BCUT2D eigenvalue weighted by molar-refractivity contribution is 5.26. The Morgan fingerprint density at radius 2 is 1.83 bits per heavy atom. The summed E-state index contributed by atoms with van der Waals surface area (Å²) in [4.78, 5) is 5.68. The first-order valence-electron chi connectivity index (χ1n) is 8.97. The number of nitrogens with zero attached hydrogens (tertiary/aromatic N) is 4. The number of hydrogen-bond donors (Lipinski definition) is 1. The van der Waals surface area contributed by atoms with E-state index in [2.05, 4.69) is 16.7 Å². The minimum absolute atomic E-state index is 0.00118. The molecule has 0 saturated heterocycles. The molecule has 1 atom stereocenters. The lowest BCUT2D eigenvalue weighted by Gasteiger charge is -2.34. The van der Waals surface area contributed by atoms with Gasteiger partial charge in [0.25, 0.3) is 0 Å². The van der Waals surface area contributed by atoms with E-state index in [0.717, 1.165) is 17.7 Å². The van der Waals surface area contributed by atoms with Crippen LogP contribution in [-0.2, 0) is 18.7 Å². The monoisotopic (exact) mass is 402 g/mol. The first-order chi connectivity index (χ1) is 13.9. The Morgan fingerprint density at radius 1 is 1.10 bits per heavy atom. The third-order valence-electron chi connectivity index (χ3n) is 4.51. The molecule has 0 amide bonds. The molecule has 2 aromatic carbocycles. The Morgan fingerprint density at radius 3 is 2.45 bits per heavy atom. The van der Waals surface area contributed by atoms with E-state index in [0.29, 0.717) is 13.1 Å². The summed E-state index contributed by atoms with van der Waals surface area (Å²) >= 11 is 0. The van der Waals surface area contributed by atoms with Crippen molar-refractivity contribution in [3.63, 3.8) is 0 Å². The molecule has 0 spiro atoms. The second-order valence-electron chi connectivity index (χ2n) is 6.83. The van der Waals surface area contributed by atoms with Gasteiger partial charge in [-0.15, -0.1) is 6.58 Å². The number of rotatable bonds is 9. The maximum absolute atomic E-state index is 14.6. The Kier molecular flexibility index (Phi) is 6.46. The van der Waals surface area contributed by atoms with Gasteiger partial charge in [0.2, 0.25) is 0 Å². The van der Waals surface area contributed by atoms with Crippen molar-refractivity contribution in [3.8, 4) is 0 Å². The number of benzene rings is 2. The Bertz CT molecular complexity index is 947. The minimum Gasteiger partial charge on any atom is -0.382 e. The highest BCUT2D eigenvalue weighted by Gasteiger charge is 2.35. The number of aliphatic hydroxyl groups is 1. The molecule has 1 heterocycles. The maximum atomic E-state index is 14.6. The minimum atomic E-state index is -1.73. The molecule has 0 unspecified atom stereocenters.